The fourth-order valence-corrected chi connectivity index (χ4v) is 11.9. The highest BCUT2D eigenvalue weighted by Crippen LogP contribution is 2.60. The van der Waals surface area contributed by atoms with E-state index >= 15 is 0 Å². The molecule has 3 atom stereocenters. The zero-order valence-electron chi connectivity index (χ0n) is 44.5. The lowest BCUT2D eigenvalue weighted by molar-refractivity contribution is 0.736. The minimum atomic E-state index is -0.840. The maximum Gasteiger partial charge on any atom is 0.0714 e. The molecule has 0 aromatic heterocycles. The monoisotopic (exact) mass is 1000 g/mol. The molecule has 378 valence electrons. The number of hydrogen-bond acceptors (Lipinski definition) is 2. The number of rotatable bonds is 16. The Morgan fingerprint density at radius 2 is 1.12 bits per heavy atom. The lowest BCUT2D eigenvalue weighted by Crippen LogP contribution is -2.32. The van der Waals surface area contributed by atoms with Gasteiger partial charge in [0.15, 0.2) is 0 Å². The maximum absolute atomic E-state index is 6.99. The van der Waals surface area contributed by atoms with Gasteiger partial charge in [0.2, 0.25) is 0 Å². The van der Waals surface area contributed by atoms with Gasteiger partial charge in [-0.05, 0) is 141 Å². The highest BCUT2D eigenvalue weighted by atomic mass is 15.1. The molecule has 0 heterocycles. The molecule has 2 aliphatic carbocycles. The summed E-state index contributed by atoms with van der Waals surface area (Å²) in [5.41, 5.74) is 26.3. The average Bonchev–Trinajstić information content (AvgIpc) is 4.08. The summed E-state index contributed by atoms with van der Waals surface area (Å²) in [5.74, 6) is 0. The van der Waals surface area contributed by atoms with Crippen LogP contribution in [0.5, 0.6) is 0 Å². The third-order valence-corrected chi connectivity index (χ3v) is 15.4. The Hall–Kier alpha value is -9.34. The molecule has 0 bridgehead atoms. The summed E-state index contributed by atoms with van der Waals surface area (Å²) in [4.78, 5) is 2.42. The van der Waals surface area contributed by atoms with Crippen molar-refractivity contribution in [1.29, 1.82) is 0 Å². The van der Waals surface area contributed by atoms with Crippen molar-refractivity contribution in [2.24, 2.45) is 5.73 Å². The Morgan fingerprint density at radius 3 is 1.79 bits per heavy atom. The SMILES string of the molecule is C=C/C=C\C(N)C/C=C1/C(=C\C(=C/c2ccc(C)cc2)N(c2ccccc2)c2ccc(-c3ccccc3)cc2)C(c2ccccc2)(c2cccc(C3(c4ccccc4)C(/C=C\C=CC)=Cc4ccccc43)c2)c2ccccc21. The predicted molar refractivity (Wildman–Crippen MR) is 332 cm³/mol. The summed E-state index contributed by atoms with van der Waals surface area (Å²) in [6.07, 6.45) is 24.7. The molecule has 2 aliphatic rings. The largest absolute Gasteiger partial charge is 0.324 e. The molecule has 2 heteroatoms. The van der Waals surface area contributed by atoms with Crippen LogP contribution in [0.2, 0.25) is 0 Å². The first-order valence-corrected chi connectivity index (χ1v) is 27.1. The zero-order valence-corrected chi connectivity index (χ0v) is 44.5. The van der Waals surface area contributed by atoms with Gasteiger partial charge in [-0.1, -0.05) is 279 Å². The van der Waals surface area contributed by atoms with E-state index in [0.717, 1.165) is 50.5 Å². The van der Waals surface area contributed by atoms with Crippen LogP contribution in [0.3, 0.4) is 0 Å². The molecule has 0 fully saturated rings. The van der Waals surface area contributed by atoms with Gasteiger partial charge >= 0.3 is 0 Å². The van der Waals surface area contributed by atoms with Crippen LogP contribution in [0, 0.1) is 6.92 Å². The van der Waals surface area contributed by atoms with Crippen molar-refractivity contribution in [2.45, 2.75) is 37.1 Å². The maximum atomic E-state index is 6.99. The minimum absolute atomic E-state index is 0.237. The smallest absolute Gasteiger partial charge is 0.0714 e. The second kappa shape index (κ2) is 22.9. The van der Waals surface area contributed by atoms with Gasteiger partial charge in [0.25, 0.3) is 0 Å². The Labute approximate surface area is 461 Å². The summed E-state index contributed by atoms with van der Waals surface area (Å²) >= 11 is 0. The van der Waals surface area contributed by atoms with Crippen LogP contribution < -0.4 is 10.6 Å². The second-order valence-electron chi connectivity index (χ2n) is 20.2. The first-order chi connectivity index (χ1) is 38.4. The van der Waals surface area contributed by atoms with Crippen molar-refractivity contribution < 1.29 is 0 Å². The number of nitrogens with zero attached hydrogens (tertiary/aromatic N) is 1. The average molecular weight is 1010 g/mol. The lowest BCUT2D eigenvalue weighted by atomic mass is 9.63. The predicted octanol–water partition coefficient (Wildman–Crippen LogP) is 18.5. The number of aryl methyl sites for hydroxylation is 1. The topological polar surface area (TPSA) is 29.3 Å². The number of hydrogen-bond donors (Lipinski definition) is 1. The summed E-state index contributed by atoms with van der Waals surface area (Å²) < 4.78 is 0. The molecule has 0 aliphatic heterocycles. The van der Waals surface area contributed by atoms with Crippen molar-refractivity contribution in [1.82, 2.24) is 0 Å². The van der Waals surface area contributed by atoms with E-state index in [1.165, 1.54) is 50.1 Å². The highest BCUT2D eigenvalue weighted by Gasteiger charge is 2.50. The molecular formula is C76H64N2. The van der Waals surface area contributed by atoms with Gasteiger partial charge in [0, 0.05) is 23.1 Å². The Kier molecular flexibility index (Phi) is 14.9. The Bertz CT molecular complexity index is 3780. The van der Waals surface area contributed by atoms with Gasteiger partial charge in [0.1, 0.15) is 0 Å². The van der Waals surface area contributed by atoms with E-state index < -0.39 is 10.8 Å². The van der Waals surface area contributed by atoms with E-state index in [1.807, 2.05) is 12.2 Å². The summed E-state index contributed by atoms with van der Waals surface area (Å²) in [7, 11) is 0. The number of para-hydroxylation sites is 1. The van der Waals surface area contributed by atoms with Crippen LogP contribution in [0.1, 0.15) is 69.0 Å². The number of nitrogens with two attached hydrogens (primary N) is 1. The minimum Gasteiger partial charge on any atom is -0.324 e. The lowest BCUT2D eigenvalue weighted by Gasteiger charge is -2.38. The van der Waals surface area contributed by atoms with E-state index in [0.29, 0.717) is 6.42 Å². The molecule has 9 aromatic rings. The van der Waals surface area contributed by atoms with E-state index in [4.69, 9.17) is 5.73 Å². The molecule has 2 N–H and O–H groups in total. The van der Waals surface area contributed by atoms with Crippen LogP contribution in [-0.4, -0.2) is 6.04 Å². The first kappa shape index (κ1) is 50.8. The third-order valence-electron chi connectivity index (χ3n) is 15.4. The van der Waals surface area contributed by atoms with Crippen molar-refractivity contribution in [3.63, 3.8) is 0 Å². The number of benzene rings is 9. The van der Waals surface area contributed by atoms with Crippen molar-refractivity contribution in [3.05, 3.63) is 376 Å². The summed E-state index contributed by atoms with van der Waals surface area (Å²) in [6, 6.07) is 88.7. The van der Waals surface area contributed by atoms with Crippen molar-refractivity contribution >= 4 is 29.1 Å². The van der Waals surface area contributed by atoms with Gasteiger partial charge in [-0.25, -0.2) is 0 Å². The fourth-order valence-electron chi connectivity index (χ4n) is 11.9. The Balaban J connectivity index is 1.25. The van der Waals surface area contributed by atoms with Crippen LogP contribution in [0.25, 0.3) is 28.9 Å². The van der Waals surface area contributed by atoms with Crippen LogP contribution in [-0.2, 0) is 10.8 Å². The standard InChI is InChI=1S/C76H64N2/c1-4-6-12-33-63-53-60-28-21-23-40-72(60)75(63,61-29-15-9-16-30-61)64-34-25-35-65(54-64)76(62-31-17-10-18-32-62)73-41-24-22-39-70(73)71(51-48-66(77)36-7-5-2)74(76)55-69(52-57-44-42-56(3)43-45-57)78(67-37-19-11-20-38-67)68-49-46-59(47-50-68)58-26-13-8-14-27-58/h4-47,49-55,66H,2,48,77H2,1,3H3/b6-4?,33-12-,36-7-,69-52+,71-51+,74-55+. The summed E-state index contributed by atoms with van der Waals surface area (Å²) in [5, 5.41) is 0. The fraction of sp³-hybridized carbons (Fsp3) is 0.0789. The number of allylic oxidation sites excluding steroid dienone is 10. The van der Waals surface area contributed by atoms with Crippen LogP contribution >= 0.6 is 0 Å². The van der Waals surface area contributed by atoms with E-state index in [9.17, 15) is 0 Å². The number of anilines is 2. The quantitative estimate of drug-likeness (QED) is 0.0978. The molecule has 0 spiro atoms. The molecular weight excluding hydrogens is 941 g/mol. The van der Waals surface area contributed by atoms with E-state index in [1.54, 1.807) is 6.08 Å². The molecule has 11 rings (SSSR count). The van der Waals surface area contributed by atoms with E-state index in [2.05, 4.69) is 317 Å². The molecule has 3 unspecified atom stereocenters. The molecule has 0 saturated heterocycles. The highest BCUT2D eigenvalue weighted by molar-refractivity contribution is 5.96. The molecule has 0 saturated carbocycles. The molecule has 2 nitrogen and oxygen atoms in total. The third kappa shape index (κ3) is 9.64. The van der Waals surface area contributed by atoms with Crippen molar-refractivity contribution in [2.75, 3.05) is 4.90 Å². The molecule has 78 heavy (non-hydrogen) atoms. The van der Waals surface area contributed by atoms with Gasteiger partial charge in [-0.3, -0.25) is 0 Å². The summed E-state index contributed by atoms with van der Waals surface area (Å²) in [6.45, 7) is 8.18. The van der Waals surface area contributed by atoms with Gasteiger partial charge in [0.05, 0.1) is 10.8 Å². The van der Waals surface area contributed by atoms with Crippen molar-refractivity contribution in [3.8, 4) is 11.1 Å². The van der Waals surface area contributed by atoms with Gasteiger partial charge < -0.3 is 10.6 Å². The molecule has 0 radical (unpaired) electrons. The Morgan fingerprint density at radius 1 is 0.551 bits per heavy atom. The van der Waals surface area contributed by atoms with E-state index in [-0.39, 0.29) is 6.04 Å². The van der Waals surface area contributed by atoms with Crippen LogP contribution in [0.15, 0.2) is 321 Å². The zero-order chi connectivity index (χ0) is 53.3. The van der Waals surface area contributed by atoms with Gasteiger partial charge in [-0.15, -0.1) is 0 Å². The first-order valence-electron chi connectivity index (χ1n) is 27.1. The van der Waals surface area contributed by atoms with Gasteiger partial charge in [-0.2, -0.15) is 0 Å². The molecule has 0 amide bonds. The molecule has 9 aromatic carbocycles. The van der Waals surface area contributed by atoms with Crippen LogP contribution in [0.4, 0.5) is 11.4 Å². The second-order valence-corrected chi connectivity index (χ2v) is 20.2. The number of fused-ring (bicyclic) bond motifs is 2. The normalized spacial score (nSPS) is 18.4.